The van der Waals surface area contributed by atoms with Crippen molar-refractivity contribution in [1.82, 2.24) is 10.3 Å². The molecule has 1 N–H and O–H groups in total. The Morgan fingerprint density at radius 3 is 2.90 bits per heavy atom. The number of rotatable bonds is 7. The van der Waals surface area contributed by atoms with Crippen LogP contribution in [-0.2, 0) is 6.42 Å². The van der Waals surface area contributed by atoms with E-state index < -0.39 is 0 Å². The smallest absolute Gasteiger partial charge is 0.142 e. The molecule has 0 radical (unpaired) electrons. The number of nitrogens with one attached hydrogen (secondary N) is 1. The van der Waals surface area contributed by atoms with Crippen LogP contribution in [0.2, 0.25) is 0 Å². The van der Waals surface area contributed by atoms with Gasteiger partial charge in [0.25, 0.3) is 0 Å². The highest BCUT2D eigenvalue weighted by Crippen LogP contribution is 2.30. The summed E-state index contributed by atoms with van der Waals surface area (Å²) in [7, 11) is 1.67. The molecule has 0 saturated heterocycles. The van der Waals surface area contributed by atoms with Crippen molar-refractivity contribution in [3.63, 3.8) is 0 Å². The molecule has 4 heteroatoms. The Bertz CT molecular complexity index is 537. The highest BCUT2D eigenvalue weighted by atomic mass is 16.5. The Labute approximate surface area is 120 Å². The van der Waals surface area contributed by atoms with E-state index in [0.29, 0.717) is 0 Å². The zero-order valence-electron chi connectivity index (χ0n) is 12.3. The minimum absolute atomic E-state index is 0.000185. The number of ether oxygens (including phenoxy) is 1. The third kappa shape index (κ3) is 3.02. The number of aromatic nitrogens is 1. The average Bonchev–Trinajstić information content (AvgIpc) is 2.96. The summed E-state index contributed by atoms with van der Waals surface area (Å²) in [5.74, 6) is 1.79. The highest BCUT2D eigenvalue weighted by Gasteiger charge is 2.22. The maximum Gasteiger partial charge on any atom is 0.142 e. The predicted molar refractivity (Wildman–Crippen MR) is 79.0 cm³/mol. The van der Waals surface area contributed by atoms with Crippen LogP contribution in [-0.4, -0.2) is 18.6 Å². The summed E-state index contributed by atoms with van der Waals surface area (Å²) in [5, 5.41) is 3.54. The van der Waals surface area contributed by atoms with Crippen molar-refractivity contribution in [2.45, 2.75) is 32.7 Å². The maximum absolute atomic E-state index is 5.56. The molecule has 0 aromatic carbocycles. The second-order valence-corrected chi connectivity index (χ2v) is 4.63. The number of hydrogen-bond donors (Lipinski definition) is 1. The maximum atomic E-state index is 5.56. The van der Waals surface area contributed by atoms with Crippen molar-refractivity contribution >= 4 is 0 Å². The van der Waals surface area contributed by atoms with Crippen LogP contribution in [0.5, 0.6) is 5.75 Å². The van der Waals surface area contributed by atoms with Crippen LogP contribution in [0.4, 0.5) is 0 Å². The van der Waals surface area contributed by atoms with E-state index in [4.69, 9.17) is 9.15 Å². The molecule has 0 fully saturated rings. The van der Waals surface area contributed by atoms with Gasteiger partial charge in [0.05, 0.1) is 19.4 Å². The molecule has 0 amide bonds. The molecule has 1 atom stereocenters. The summed E-state index contributed by atoms with van der Waals surface area (Å²) < 4.78 is 11.0. The molecular weight excluding hydrogens is 252 g/mol. The molecule has 0 aliphatic rings. The number of aryl methyl sites for hydroxylation is 1. The van der Waals surface area contributed by atoms with Gasteiger partial charge < -0.3 is 14.5 Å². The van der Waals surface area contributed by atoms with Gasteiger partial charge in [-0.3, -0.25) is 4.98 Å². The van der Waals surface area contributed by atoms with Gasteiger partial charge in [-0.05, 0) is 31.2 Å². The molecule has 4 nitrogen and oxygen atoms in total. The third-order valence-corrected chi connectivity index (χ3v) is 3.30. The van der Waals surface area contributed by atoms with Crippen molar-refractivity contribution in [2.24, 2.45) is 0 Å². The lowest BCUT2D eigenvalue weighted by molar-refractivity contribution is 0.399. The van der Waals surface area contributed by atoms with E-state index in [9.17, 15) is 0 Å². The molecule has 2 aromatic heterocycles. The molecule has 20 heavy (non-hydrogen) atoms. The van der Waals surface area contributed by atoms with Gasteiger partial charge in [0.2, 0.25) is 0 Å². The Morgan fingerprint density at radius 1 is 1.35 bits per heavy atom. The molecule has 0 spiro atoms. The first-order chi connectivity index (χ1) is 9.81. The largest absolute Gasteiger partial charge is 0.495 e. The van der Waals surface area contributed by atoms with Crippen molar-refractivity contribution in [2.75, 3.05) is 13.7 Å². The van der Waals surface area contributed by atoms with Gasteiger partial charge in [-0.15, -0.1) is 0 Å². The summed E-state index contributed by atoms with van der Waals surface area (Å²) in [6, 6.07) is 5.84. The van der Waals surface area contributed by atoms with Crippen LogP contribution in [0.3, 0.4) is 0 Å². The Balaban J connectivity index is 2.41. The molecule has 2 rings (SSSR count). The second-order valence-electron chi connectivity index (χ2n) is 4.63. The summed E-state index contributed by atoms with van der Waals surface area (Å²) in [4.78, 5) is 4.50. The van der Waals surface area contributed by atoms with Gasteiger partial charge in [0, 0.05) is 18.2 Å². The third-order valence-electron chi connectivity index (χ3n) is 3.30. The number of furan rings is 1. The van der Waals surface area contributed by atoms with Gasteiger partial charge in [-0.25, -0.2) is 0 Å². The quantitative estimate of drug-likeness (QED) is 0.841. The lowest BCUT2D eigenvalue weighted by atomic mass is 10.0. The molecule has 1 unspecified atom stereocenters. The number of hydrogen-bond acceptors (Lipinski definition) is 4. The van der Waals surface area contributed by atoms with Crippen LogP contribution in [0.1, 0.15) is 43.3 Å². The number of nitrogens with zero attached hydrogens (tertiary/aromatic N) is 1. The zero-order chi connectivity index (χ0) is 14.4. The van der Waals surface area contributed by atoms with E-state index in [2.05, 4.69) is 24.1 Å². The lowest BCUT2D eigenvalue weighted by Crippen LogP contribution is -2.25. The van der Waals surface area contributed by atoms with E-state index in [0.717, 1.165) is 42.2 Å². The Hall–Kier alpha value is -1.81. The van der Waals surface area contributed by atoms with Crippen LogP contribution >= 0.6 is 0 Å². The van der Waals surface area contributed by atoms with Crippen LogP contribution in [0.15, 0.2) is 35.1 Å². The number of pyridine rings is 1. The monoisotopic (exact) mass is 274 g/mol. The molecule has 2 aromatic rings. The zero-order valence-corrected chi connectivity index (χ0v) is 12.3. The standard InChI is InChI=1S/C16H22N2O2/c1-4-9-17-15(12-8-11-20-13(12)5-2)16-14(19-3)7-6-10-18-16/h6-8,10-11,15,17H,4-5,9H2,1-3H3. The molecule has 0 saturated carbocycles. The van der Waals surface area contributed by atoms with Crippen LogP contribution < -0.4 is 10.1 Å². The fraction of sp³-hybridized carbons (Fsp3) is 0.438. The van der Waals surface area contributed by atoms with Crippen molar-refractivity contribution in [1.29, 1.82) is 0 Å². The van der Waals surface area contributed by atoms with E-state index in [1.165, 1.54) is 0 Å². The first kappa shape index (κ1) is 14.6. The van der Waals surface area contributed by atoms with E-state index >= 15 is 0 Å². The highest BCUT2D eigenvalue weighted by molar-refractivity contribution is 5.37. The Morgan fingerprint density at radius 2 is 2.20 bits per heavy atom. The molecule has 108 valence electrons. The minimum atomic E-state index is -0.000185. The lowest BCUT2D eigenvalue weighted by Gasteiger charge is -2.20. The molecule has 0 aliphatic heterocycles. The van der Waals surface area contributed by atoms with Crippen molar-refractivity contribution < 1.29 is 9.15 Å². The second kappa shape index (κ2) is 7.10. The molecule has 0 bridgehead atoms. The Kier molecular flexibility index (Phi) is 5.18. The first-order valence-corrected chi connectivity index (χ1v) is 7.10. The van der Waals surface area contributed by atoms with E-state index in [1.54, 1.807) is 19.6 Å². The predicted octanol–water partition coefficient (Wildman–Crippen LogP) is 3.33. The fourth-order valence-electron chi connectivity index (χ4n) is 2.33. The van der Waals surface area contributed by atoms with E-state index in [1.807, 2.05) is 18.2 Å². The molecule has 0 aliphatic carbocycles. The average molecular weight is 274 g/mol. The van der Waals surface area contributed by atoms with Crippen LogP contribution in [0, 0.1) is 0 Å². The van der Waals surface area contributed by atoms with Gasteiger partial charge in [-0.2, -0.15) is 0 Å². The van der Waals surface area contributed by atoms with Gasteiger partial charge >= 0.3 is 0 Å². The van der Waals surface area contributed by atoms with Crippen LogP contribution in [0.25, 0.3) is 0 Å². The summed E-state index contributed by atoms with van der Waals surface area (Å²) in [6.45, 7) is 5.16. The normalized spacial score (nSPS) is 12.3. The summed E-state index contributed by atoms with van der Waals surface area (Å²) >= 11 is 0. The fourth-order valence-corrected chi connectivity index (χ4v) is 2.33. The summed E-state index contributed by atoms with van der Waals surface area (Å²) in [5.41, 5.74) is 2.04. The van der Waals surface area contributed by atoms with Gasteiger partial charge in [0.15, 0.2) is 0 Å². The van der Waals surface area contributed by atoms with Crippen molar-refractivity contribution in [3.05, 3.63) is 47.7 Å². The van der Waals surface area contributed by atoms with Crippen molar-refractivity contribution in [3.8, 4) is 5.75 Å². The minimum Gasteiger partial charge on any atom is -0.495 e. The number of methoxy groups -OCH3 is 1. The van der Waals surface area contributed by atoms with E-state index in [-0.39, 0.29) is 6.04 Å². The van der Waals surface area contributed by atoms with Gasteiger partial charge in [0.1, 0.15) is 17.2 Å². The summed E-state index contributed by atoms with van der Waals surface area (Å²) in [6.07, 6.45) is 5.46. The SMILES string of the molecule is CCCNC(c1ccoc1CC)c1ncccc1OC. The molecular formula is C16H22N2O2. The van der Waals surface area contributed by atoms with Gasteiger partial charge in [-0.1, -0.05) is 13.8 Å². The first-order valence-electron chi connectivity index (χ1n) is 7.10. The molecule has 2 heterocycles. The topological polar surface area (TPSA) is 47.3 Å².